The number of alkyl halides is 2. The van der Waals surface area contributed by atoms with E-state index >= 15 is 0 Å². The van der Waals surface area contributed by atoms with Crippen LogP contribution in [0.2, 0.25) is 0 Å². The summed E-state index contributed by atoms with van der Waals surface area (Å²) in [6.07, 6.45) is -1.66. The van der Waals surface area contributed by atoms with Gasteiger partial charge in [0.05, 0.1) is 12.6 Å². The normalized spacial score (nSPS) is 15.1. The van der Waals surface area contributed by atoms with Gasteiger partial charge in [0.2, 0.25) is 12.3 Å². The number of hydrogen-bond acceptors (Lipinski definition) is 3. The van der Waals surface area contributed by atoms with Crippen molar-refractivity contribution in [1.29, 1.82) is 0 Å². The Balaban J connectivity index is 1.55. The first-order valence-corrected chi connectivity index (χ1v) is 10.0. The highest BCUT2D eigenvalue weighted by atomic mass is 19.3. The van der Waals surface area contributed by atoms with E-state index in [0.717, 1.165) is 31.6 Å². The molecule has 0 unspecified atom stereocenters. The molecule has 0 aromatic heterocycles. The molecule has 0 aliphatic carbocycles. The number of nitrogens with one attached hydrogen (secondary N) is 1. The third-order valence-electron chi connectivity index (χ3n) is 5.18. The minimum absolute atomic E-state index is 0.000483. The van der Waals surface area contributed by atoms with Crippen LogP contribution >= 0.6 is 0 Å². The Hall–Kier alpha value is -2.47. The Bertz CT molecular complexity index is 824. The number of hydrogen-bond donors (Lipinski definition) is 1. The molecule has 29 heavy (non-hydrogen) atoms. The van der Waals surface area contributed by atoms with Crippen LogP contribution in [-0.2, 0) is 24.3 Å². The molecule has 0 bridgehead atoms. The second kappa shape index (κ2) is 9.83. The first-order valence-electron chi connectivity index (χ1n) is 10.0. The molecule has 0 radical (unpaired) electrons. The van der Waals surface area contributed by atoms with Gasteiger partial charge < -0.3 is 10.1 Å². The lowest BCUT2D eigenvalue weighted by atomic mass is 9.98. The molecule has 0 fully saturated rings. The van der Waals surface area contributed by atoms with Crippen LogP contribution in [0.4, 0.5) is 8.78 Å². The highest BCUT2D eigenvalue weighted by Gasteiger charge is 2.17. The summed E-state index contributed by atoms with van der Waals surface area (Å²) in [7, 11) is 0. The Labute approximate surface area is 170 Å². The van der Waals surface area contributed by atoms with Crippen molar-refractivity contribution in [1.82, 2.24) is 10.2 Å². The van der Waals surface area contributed by atoms with Crippen LogP contribution in [0.3, 0.4) is 0 Å². The predicted molar refractivity (Wildman–Crippen MR) is 109 cm³/mol. The fourth-order valence-electron chi connectivity index (χ4n) is 3.64. The molecule has 0 saturated carbocycles. The summed E-state index contributed by atoms with van der Waals surface area (Å²) in [5, 5.41) is 2.90. The maximum atomic E-state index is 12.2. The molecule has 3 rings (SSSR count). The molecular formula is C23H28F2N2O2. The van der Waals surface area contributed by atoms with Gasteiger partial charge in [-0.15, -0.1) is 0 Å². The lowest BCUT2D eigenvalue weighted by molar-refractivity contribution is -0.119. The van der Waals surface area contributed by atoms with Crippen LogP contribution in [0.1, 0.15) is 48.6 Å². The molecule has 1 aliphatic rings. The zero-order valence-electron chi connectivity index (χ0n) is 17.0. The van der Waals surface area contributed by atoms with Gasteiger partial charge in [0.15, 0.2) is 0 Å². The largest absolute Gasteiger partial charge is 0.493 e. The highest BCUT2D eigenvalue weighted by molar-refractivity contribution is 5.73. The predicted octanol–water partition coefficient (Wildman–Crippen LogP) is 4.48. The van der Waals surface area contributed by atoms with Crippen molar-refractivity contribution < 1.29 is 18.3 Å². The van der Waals surface area contributed by atoms with E-state index in [-0.39, 0.29) is 25.0 Å². The molecular weight excluding hydrogens is 374 g/mol. The van der Waals surface area contributed by atoms with Crippen molar-refractivity contribution in [3.8, 4) is 5.75 Å². The molecule has 1 aliphatic heterocycles. The summed E-state index contributed by atoms with van der Waals surface area (Å²) in [6, 6.07) is 14.3. The minimum Gasteiger partial charge on any atom is -0.493 e. The van der Waals surface area contributed by atoms with Crippen LogP contribution in [-0.4, -0.2) is 30.4 Å². The van der Waals surface area contributed by atoms with Gasteiger partial charge in [-0.05, 0) is 47.7 Å². The summed E-state index contributed by atoms with van der Waals surface area (Å²) < 4.78 is 29.9. The number of rotatable bonds is 8. The number of halogens is 2. The third-order valence-corrected chi connectivity index (χ3v) is 5.18. The molecule has 156 valence electrons. The average molecular weight is 402 g/mol. The maximum absolute atomic E-state index is 12.2. The molecule has 1 atom stereocenters. The van der Waals surface area contributed by atoms with Crippen molar-refractivity contribution in [2.24, 2.45) is 0 Å². The Kier molecular flexibility index (Phi) is 7.20. The van der Waals surface area contributed by atoms with Crippen molar-refractivity contribution >= 4 is 5.91 Å². The van der Waals surface area contributed by atoms with Crippen LogP contribution in [0, 0.1) is 0 Å². The van der Waals surface area contributed by atoms with Crippen LogP contribution in [0.25, 0.3) is 0 Å². The highest BCUT2D eigenvalue weighted by Crippen LogP contribution is 2.25. The number of nitrogens with zero attached hydrogens (tertiary/aromatic N) is 1. The Morgan fingerprint density at radius 3 is 2.62 bits per heavy atom. The molecule has 1 heterocycles. The minimum atomic E-state index is -2.33. The molecule has 1 amide bonds. The van der Waals surface area contributed by atoms with Crippen molar-refractivity contribution in [2.75, 3.05) is 13.2 Å². The number of ether oxygens (including phenoxy) is 1. The van der Waals surface area contributed by atoms with Crippen LogP contribution in [0.5, 0.6) is 5.75 Å². The smallest absolute Gasteiger partial charge is 0.241 e. The molecule has 0 spiro atoms. The van der Waals surface area contributed by atoms with Gasteiger partial charge in [0.25, 0.3) is 0 Å². The zero-order chi connectivity index (χ0) is 20.8. The van der Waals surface area contributed by atoms with Gasteiger partial charge in [0.1, 0.15) is 5.75 Å². The number of carbonyl (C=O) groups excluding carboxylic acids is 1. The third kappa shape index (κ3) is 6.26. The summed E-state index contributed by atoms with van der Waals surface area (Å²) in [5.41, 5.74) is 4.81. The summed E-state index contributed by atoms with van der Waals surface area (Å²) in [4.78, 5) is 13.6. The molecule has 2 aromatic rings. The van der Waals surface area contributed by atoms with E-state index in [2.05, 4.69) is 34.5 Å². The van der Waals surface area contributed by atoms with Crippen LogP contribution in [0.15, 0.2) is 42.5 Å². The average Bonchev–Trinajstić information content (AvgIpc) is 2.68. The van der Waals surface area contributed by atoms with Gasteiger partial charge in [-0.3, -0.25) is 9.69 Å². The van der Waals surface area contributed by atoms with Crippen molar-refractivity contribution in [3.63, 3.8) is 0 Å². The molecule has 1 N–H and O–H groups in total. The van der Waals surface area contributed by atoms with Crippen molar-refractivity contribution in [2.45, 2.75) is 52.2 Å². The number of carbonyl (C=O) groups is 1. The van der Waals surface area contributed by atoms with E-state index in [4.69, 9.17) is 4.74 Å². The van der Waals surface area contributed by atoms with E-state index in [9.17, 15) is 13.6 Å². The topological polar surface area (TPSA) is 41.6 Å². The number of benzene rings is 2. The van der Waals surface area contributed by atoms with E-state index in [1.807, 2.05) is 25.1 Å². The van der Waals surface area contributed by atoms with E-state index < -0.39 is 6.43 Å². The summed E-state index contributed by atoms with van der Waals surface area (Å²) >= 11 is 0. The first kappa shape index (κ1) is 21.2. The van der Waals surface area contributed by atoms with Crippen LogP contribution < -0.4 is 10.1 Å². The van der Waals surface area contributed by atoms with Gasteiger partial charge in [-0.1, -0.05) is 30.3 Å². The van der Waals surface area contributed by atoms with E-state index in [1.54, 1.807) is 0 Å². The fraction of sp³-hybridized carbons (Fsp3) is 0.435. The lowest BCUT2D eigenvalue weighted by Crippen LogP contribution is -2.30. The fourth-order valence-corrected chi connectivity index (χ4v) is 3.64. The maximum Gasteiger partial charge on any atom is 0.241 e. The van der Waals surface area contributed by atoms with Crippen molar-refractivity contribution in [3.05, 3.63) is 64.7 Å². The molecule has 4 nitrogen and oxygen atoms in total. The molecule has 2 aromatic carbocycles. The lowest BCUT2D eigenvalue weighted by Gasteiger charge is -2.29. The van der Waals surface area contributed by atoms with E-state index in [1.165, 1.54) is 23.6 Å². The quantitative estimate of drug-likeness (QED) is 0.708. The number of fused-ring (bicyclic) bond motifs is 1. The summed E-state index contributed by atoms with van der Waals surface area (Å²) in [5.74, 6) is 0.637. The van der Waals surface area contributed by atoms with Gasteiger partial charge in [-0.25, -0.2) is 8.78 Å². The molecule has 6 heteroatoms. The van der Waals surface area contributed by atoms with E-state index in [0.29, 0.717) is 5.75 Å². The molecule has 0 saturated heterocycles. The second-order valence-electron chi connectivity index (χ2n) is 7.58. The second-order valence-corrected chi connectivity index (χ2v) is 7.58. The Morgan fingerprint density at radius 2 is 1.93 bits per heavy atom. The monoisotopic (exact) mass is 402 g/mol. The zero-order valence-corrected chi connectivity index (χ0v) is 17.0. The van der Waals surface area contributed by atoms with Gasteiger partial charge in [-0.2, -0.15) is 0 Å². The Morgan fingerprint density at radius 1 is 1.17 bits per heavy atom. The van der Waals surface area contributed by atoms with Gasteiger partial charge in [0, 0.05) is 33.0 Å². The first-order chi connectivity index (χ1) is 13.9. The standard InChI is InChI=1S/C23H28F2N2O2/c1-16(26-17(2)28)19-5-3-18(4-6-19)14-27-11-9-20-13-22(8-7-21(20)15-27)29-12-10-23(24)25/h3-8,13,16,23H,9-12,14-15H2,1-2H3,(H,26,28)/t16-/m0/s1. The number of amides is 1. The van der Waals surface area contributed by atoms with Gasteiger partial charge >= 0.3 is 0 Å². The summed E-state index contributed by atoms with van der Waals surface area (Å²) in [6.45, 7) is 6.20. The SMILES string of the molecule is CC(=O)N[C@@H](C)c1ccc(CN2CCc3cc(OCCC(F)F)ccc3C2)cc1.